The van der Waals surface area contributed by atoms with Gasteiger partial charge in [0, 0.05) is 18.8 Å². The highest BCUT2D eigenvalue weighted by Crippen LogP contribution is 2.27. The maximum Gasteiger partial charge on any atom is 0.251 e. The first kappa shape index (κ1) is 14.9. The average Bonchev–Trinajstić information content (AvgIpc) is 2.82. The largest absolute Gasteiger partial charge is 0.395 e. The third kappa shape index (κ3) is 3.52. The minimum atomic E-state index is -2.51. The van der Waals surface area contributed by atoms with E-state index in [0.29, 0.717) is 6.54 Å². The molecule has 1 aromatic carbocycles. The number of hydrogen-bond acceptors (Lipinski definition) is 3. The molecule has 0 spiro atoms. The number of anilines is 1. The number of amides is 1. The molecular weight excluding hydrogens is 266 g/mol. The zero-order valence-electron chi connectivity index (χ0n) is 11.1. The van der Waals surface area contributed by atoms with E-state index in [0.717, 1.165) is 17.7 Å². The molecule has 110 valence electrons. The number of aliphatic hydroxyl groups excluding tert-OH is 1. The molecule has 1 amide bonds. The Morgan fingerprint density at radius 3 is 2.85 bits per heavy atom. The Morgan fingerprint density at radius 1 is 1.40 bits per heavy atom. The zero-order chi connectivity index (χ0) is 14.5. The predicted molar refractivity (Wildman–Crippen MR) is 72.0 cm³/mol. The van der Waals surface area contributed by atoms with Crippen LogP contribution >= 0.6 is 0 Å². The van der Waals surface area contributed by atoms with Gasteiger partial charge in [0.1, 0.15) is 0 Å². The summed E-state index contributed by atoms with van der Waals surface area (Å²) in [7, 11) is 0. The summed E-state index contributed by atoms with van der Waals surface area (Å²) in [6.07, 6.45) is -1.73. The van der Waals surface area contributed by atoms with E-state index < -0.39 is 13.0 Å². The molecule has 1 N–H and O–H groups in total. The number of hydrogen-bond donors (Lipinski definition) is 1. The molecule has 0 atom stereocenters. The van der Waals surface area contributed by atoms with Crippen LogP contribution in [0.4, 0.5) is 14.5 Å². The molecule has 2 rings (SSSR count). The number of carbonyl (C=O) groups is 1. The van der Waals surface area contributed by atoms with Crippen molar-refractivity contribution in [1.82, 2.24) is 4.90 Å². The molecule has 0 bridgehead atoms. The number of rotatable bonds is 6. The standard InChI is InChI=1S/C14H18F2N2O2/c15-13(16)9-17(7-8-19)10-14(20)18-6-5-11-3-1-2-4-12(11)18/h1-4,13,19H,5-10H2. The Hall–Kier alpha value is -1.53. The van der Waals surface area contributed by atoms with Crippen molar-refractivity contribution in [2.45, 2.75) is 12.8 Å². The summed E-state index contributed by atoms with van der Waals surface area (Å²) in [5.41, 5.74) is 1.96. The fourth-order valence-electron chi connectivity index (χ4n) is 2.45. The van der Waals surface area contributed by atoms with E-state index in [-0.39, 0.29) is 25.6 Å². The maximum atomic E-state index is 12.4. The second-order valence-corrected chi connectivity index (χ2v) is 4.77. The normalized spacial score (nSPS) is 14.2. The summed E-state index contributed by atoms with van der Waals surface area (Å²) >= 11 is 0. The SMILES string of the molecule is O=C(CN(CCO)CC(F)F)N1CCc2ccccc21. The van der Waals surface area contributed by atoms with Crippen LogP contribution in [0.2, 0.25) is 0 Å². The van der Waals surface area contributed by atoms with Crippen LogP contribution in [0.25, 0.3) is 0 Å². The number of para-hydroxylation sites is 1. The smallest absolute Gasteiger partial charge is 0.251 e. The molecule has 20 heavy (non-hydrogen) atoms. The second kappa shape index (κ2) is 6.76. The van der Waals surface area contributed by atoms with Gasteiger partial charge in [-0.15, -0.1) is 0 Å². The van der Waals surface area contributed by atoms with Crippen LogP contribution in [0.1, 0.15) is 5.56 Å². The van der Waals surface area contributed by atoms with Crippen LogP contribution in [0.5, 0.6) is 0 Å². The van der Waals surface area contributed by atoms with Crippen molar-refractivity contribution < 1.29 is 18.7 Å². The molecule has 1 aliphatic heterocycles. The van der Waals surface area contributed by atoms with Crippen LogP contribution in [0.3, 0.4) is 0 Å². The molecule has 0 radical (unpaired) electrons. The second-order valence-electron chi connectivity index (χ2n) is 4.77. The molecule has 1 aromatic rings. The molecule has 0 aromatic heterocycles. The summed E-state index contributed by atoms with van der Waals surface area (Å²) in [5, 5.41) is 8.87. The highest BCUT2D eigenvalue weighted by molar-refractivity contribution is 5.96. The Balaban J connectivity index is 2.01. The molecule has 1 heterocycles. The lowest BCUT2D eigenvalue weighted by atomic mass is 10.2. The summed E-state index contributed by atoms with van der Waals surface area (Å²) in [6, 6.07) is 7.60. The van der Waals surface area contributed by atoms with Gasteiger partial charge in [-0.1, -0.05) is 18.2 Å². The van der Waals surface area contributed by atoms with Gasteiger partial charge in [-0.2, -0.15) is 0 Å². The van der Waals surface area contributed by atoms with Crippen molar-refractivity contribution in [3.8, 4) is 0 Å². The summed E-state index contributed by atoms with van der Waals surface area (Å²) in [4.78, 5) is 15.1. The zero-order valence-corrected chi connectivity index (χ0v) is 11.1. The summed E-state index contributed by atoms with van der Waals surface area (Å²) in [5.74, 6) is -0.205. The fourth-order valence-corrected chi connectivity index (χ4v) is 2.45. The van der Waals surface area contributed by atoms with Gasteiger partial charge < -0.3 is 10.0 Å². The third-order valence-corrected chi connectivity index (χ3v) is 3.36. The Bertz CT molecular complexity index is 468. The Morgan fingerprint density at radius 2 is 2.15 bits per heavy atom. The number of alkyl halides is 2. The number of aliphatic hydroxyl groups is 1. The lowest BCUT2D eigenvalue weighted by Crippen LogP contribution is -2.42. The van der Waals surface area contributed by atoms with E-state index in [1.807, 2.05) is 24.3 Å². The highest BCUT2D eigenvalue weighted by atomic mass is 19.3. The van der Waals surface area contributed by atoms with E-state index in [4.69, 9.17) is 5.11 Å². The van der Waals surface area contributed by atoms with E-state index in [1.54, 1.807) is 4.90 Å². The number of benzene rings is 1. The van der Waals surface area contributed by atoms with Crippen LogP contribution in [-0.2, 0) is 11.2 Å². The fraction of sp³-hybridized carbons (Fsp3) is 0.500. The van der Waals surface area contributed by atoms with Crippen molar-refractivity contribution in [1.29, 1.82) is 0 Å². The molecule has 6 heteroatoms. The predicted octanol–water partition coefficient (Wildman–Crippen LogP) is 1.14. The van der Waals surface area contributed by atoms with Gasteiger partial charge in [0.05, 0.1) is 19.7 Å². The summed E-state index contributed by atoms with van der Waals surface area (Å²) in [6.45, 7) is -0.178. The molecule has 1 aliphatic rings. The lowest BCUT2D eigenvalue weighted by molar-refractivity contribution is -0.120. The van der Waals surface area contributed by atoms with E-state index in [1.165, 1.54) is 4.90 Å². The van der Waals surface area contributed by atoms with Crippen molar-refractivity contribution in [2.75, 3.05) is 37.7 Å². The first-order valence-electron chi connectivity index (χ1n) is 6.61. The number of nitrogens with zero attached hydrogens (tertiary/aromatic N) is 2. The number of fused-ring (bicyclic) bond motifs is 1. The lowest BCUT2D eigenvalue weighted by Gasteiger charge is -2.24. The van der Waals surface area contributed by atoms with Gasteiger partial charge >= 0.3 is 0 Å². The van der Waals surface area contributed by atoms with Crippen LogP contribution < -0.4 is 4.90 Å². The van der Waals surface area contributed by atoms with E-state index >= 15 is 0 Å². The molecule has 0 fully saturated rings. The molecule has 0 unspecified atom stereocenters. The Kier molecular flexibility index (Phi) is 5.03. The van der Waals surface area contributed by atoms with Gasteiger partial charge in [0.25, 0.3) is 6.43 Å². The van der Waals surface area contributed by atoms with Crippen LogP contribution in [0.15, 0.2) is 24.3 Å². The molecule has 4 nitrogen and oxygen atoms in total. The first-order chi connectivity index (χ1) is 9.61. The molecular formula is C14H18F2N2O2. The average molecular weight is 284 g/mol. The van der Waals surface area contributed by atoms with E-state index in [2.05, 4.69) is 0 Å². The van der Waals surface area contributed by atoms with Crippen molar-refractivity contribution in [2.24, 2.45) is 0 Å². The number of carbonyl (C=O) groups excluding carboxylic acids is 1. The highest BCUT2D eigenvalue weighted by Gasteiger charge is 2.26. The third-order valence-electron chi connectivity index (χ3n) is 3.36. The van der Waals surface area contributed by atoms with Crippen molar-refractivity contribution in [3.63, 3.8) is 0 Å². The summed E-state index contributed by atoms with van der Waals surface area (Å²) < 4.78 is 24.9. The van der Waals surface area contributed by atoms with Crippen molar-refractivity contribution >= 4 is 11.6 Å². The molecule has 0 saturated heterocycles. The van der Waals surface area contributed by atoms with Crippen molar-refractivity contribution in [3.05, 3.63) is 29.8 Å². The first-order valence-corrected chi connectivity index (χ1v) is 6.61. The Labute approximate surface area is 116 Å². The van der Waals surface area contributed by atoms with E-state index in [9.17, 15) is 13.6 Å². The van der Waals surface area contributed by atoms with Gasteiger partial charge in [-0.3, -0.25) is 9.69 Å². The van der Waals surface area contributed by atoms with Crippen LogP contribution in [-0.4, -0.2) is 55.1 Å². The van der Waals surface area contributed by atoms with Gasteiger partial charge in [-0.25, -0.2) is 8.78 Å². The number of halogens is 2. The molecule has 0 aliphatic carbocycles. The van der Waals surface area contributed by atoms with Gasteiger partial charge in [0.2, 0.25) is 5.91 Å². The minimum absolute atomic E-state index is 0.0750. The monoisotopic (exact) mass is 284 g/mol. The quantitative estimate of drug-likeness (QED) is 0.852. The van der Waals surface area contributed by atoms with Crippen LogP contribution in [0, 0.1) is 0 Å². The maximum absolute atomic E-state index is 12.4. The van der Waals surface area contributed by atoms with Gasteiger partial charge in [0.15, 0.2) is 0 Å². The minimum Gasteiger partial charge on any atom is -0.395 e. The topological polar surface area (TPSA) is 43.8 Å². The molecule has 0 saturated carbocycles. The van der Waals surface area contributed by atoms with Gasteiger partial charge in [-0.05, 0) is 18.1 Å².